The highest BCUT2D eigenvalue weighted by molar-refractivity contribution is 7.99. The van der Waals surface area contributed by atoms with Gasteiger partial charge in [-0.2, -0.15) is 0 Å². The lowest BCUT2D eigenvalue weighted by Gasteiger charge is -2.13. The van der Waals surface area contributed by atoms with Crippen molar-refractivity contribution in [3.63, 3.8) is 0 Å². The minimum absolute atomic E-state index is 0.350. The lowest BCUT2D eigenvalue weighted by molar-refractivity contribution is 0.563. The van der Waals surface area contributed by atoms with Gasteiger partial charge in [0.1, 0.15) is 11.6 Å². The Labute approximate surface area is 115 Å². The molecule has 0 aliphatic heterocycles. The third-order valence-electron chi connectivity index (χ3n) is 2.87. The van der Waals surface area contributed by atoms with E-state index in [0.717, 1.165) is 11.0 Å². The van der Waals surface area contributed by atoms with Crippen molar-refractivity contribution in [3.8, 4) is 0 Å². The van der Waals surface area contributed by atoms with Gasteiger partial charge in [-0.05, 0) is 24.6 Å². The average molecular weight is 279 g/mol. The number of benzene rings is 2. The van der Waals surface area contributed by atoms with Gasteiger partial charge in [0.2, 0.25) is 0 Å². The first-order valence-corrected chi connectivity index (χ1v) is 6.95. The van der Waals surface area contributed by atoms with Gasteiger partial charge in [-0.25, -0.2) is 8.78 Å². The van der Waals surface area contributed by atoms with Gasteiger partial charge >= 0.3 is 0 Å². The summed E-state index contributed by atoms with van der Waals surface area (Å²) in [7, 11) is 0. The van der Waals surface area contributed by atoms with Crippen LogP contribution in [0.4, 0.5) is 8.78 Å². The molecule has 2 aromatic rings. The summed E-state index contributed by atoms with van der Waals surface area (Å²) in [5.41, 5.74) is 7.48. The van der Waals surface area contributed by atoms with E-state index in [2.05, 4.69) is 0 Å². The molecule has 19 heavy (non-hydrogen) atoms. The topological polar surface area (TPSA) is 26.0 Å². The van der Waals surface area contributed by atoms with Crippen molar-refractivity contribution in [2.75, 3.05) is 5.75 Å². The minimum Gasteiger partial charge on any atom is -0.323 e. The fourth-order valence-electron chi connectivity index (χ4n) is 1.79. The average Bonchev–Trinajstić information content (AvgIpc) is 2.37. The molecule has 1 atom stereocenters. The molecular formula is C15H15F2NS. The van der Waals surface area contributed by atoms with Crippen LogP contribution >= 0.6 is 11.8 Å². The zero-order chi connectivity index (χ0) is 13.8. The molecule has 1 nitrogen and oxygen atoms in total. The second kappa shape index (κ2) is 6.17. The van der Waals surface area contributed by atoms with Crippen molar-refractivity contribution in [2.24, 2.45) is 5.73 Å². The maximum atomic E-state index is 13.6. The summed E-state index contributed by atoms with van der Waals surface area (Å²) >= 11 is 1.58. The largest absolute Gasteiger partial charge is 0.323 e. The van der Waals surface area contributed by atoms with Gasteiger partial charge in [0.25, 0.3) is 0 Å². The molecular weight excluding hydrogens is 264 g/mol. The monoisotopic (exact) mass is 279 g/mol. The number of halogens is 2. The molecule has 100 valence electrons. The Balaban J connectivity index is 2.05. The molecule has 0 fully saturated rings. The van der Waals surface area contributed by atoms with Crippen LogP contribution in [0.2, 0.25) is 0 Å². The highest BCUT2D eigenvalue weighted by atomic mass is 32.2. The van der Waals surface area contributed by atoms with Gasteiger partial charge < -0.3 is 5.73 Å². The van der Waals surface area contributed by atoms with Crippen molar-refractivity contribution in [1.29, 1.82) is 0 Å². The smallest absolute Gasteiger partial charge is 0.130 e. The lowest BCUT2D eigenvalue weighted by atomic mass is 10.1. The zero-order valence-corrected chi connectivity index (χ0v) is 11.4. The van der Waals surface area contributed by atoms with Gasteiger partial charge in [-0.15, -0.1) is 11.8 Å². The van der Waals surface area contributed by atoms with E-state index >= 15 is 0 Å². The number of aryl methyl sites for hydroxylation is 1. The number of rotatable bonds is 4. The van der Waals surface area contributed by atoms with E-state index in [1.807, 2.05) is 31.2 Å². The molecule has 0 aliphatic carbocycles. The molecule has 0 bridgehead atoms. The fourth-order valence-corrected chi connectivity index (χ4v) is 2.80. The number of nitrogens with two attached hydrogens (primary N) is 1. The second-order valence-electron chi connectivity index (χ2n) is 4.35. The second-order valence-corrected chi connectivity index (χ2v) is 5.41. The number of hydrogen-bond donors (Lipinski definition) is 1. The first-order chi connectivity index (χ1) is 9.08. The molecule has 2 rings (SSSR count). The summed E-state index contributed by atoms with van der Waals surface area (Å²) in [5.74, 6) is -0.620. The van der Waals surface area contributed by atoms with Crippen molar-refractivity contribution in [3.05, 3.63) is 65.2 Å². The van der Waals surface area contributed by atoms with E-state index in [0.29, 0.717) is 11.3 Å². The SMILES string of the molecule is Cc1ccccc1SCC(N)c1ccc(F)cc1F. The quantitative estimate of drug-likeness (QED) is 0.854. The van der Waals surface area contributed by atoms with Gasteiger partial charge in [-0.3, -0.25) is 0 Å². The summed E-state index contributed by atoms with van der Waals surface area (Å²) in [6.45, 7) is 2.02. The third-order valence-corrected chi connectivity index (χ3v) is 4.17. The number of thioether (sulfide) groups is 1. The molecule has 0 amide bonds. The Hall–Kier alpha value is -1.39. The van der Waals surface area contributed by atoms with Crippen LogP contribution in [0.5, 0.6) is 0 Å². The van der Waals surface area contributed by atoms with Crippen molar-refractivity contribution in [1.82, 2.24) is 0 Å². The third kappa shape index (κ3) is 3.55. The lowest BCUT2D eigenvalue weighted by Crippen LogP contribution is -2.15. The van der Waals surface area contributed by atoms with Crippen LogP contribution in [-0.2, 0) is 0 Å². The summed E-state index contributed by atoms with van der Waals surface area (Å²) in [6, 6.07) is 11.0. The zero-order valence-electron chi connectivity index (χ0n) is 10.6. The predicted octanol–water partition coefficient (Wildman–Crippen LogP) is 4.07. The van der Waals surface area contributed by atoms with Crippen LogP contribution in [0.15, 0.2) is 47.4 Å². The van der Waals surface area contributed by atoms with Crippen LogP contribution < -0.4 is 5.73 Å². The molecule has 2 N–H and O–H groups in total. The van der Waals surface area contributed by atoms with E-state index in [1.54, 1.807) is 11.8 Å². The summed E-state index contributed by atoms with van der Waals surface area (Å²) in [4.78, 5) is 1.13. The summed E-state index contributed by atoms with van der Waals surface area (Å²) in [6.07, 6.45) is 0. The highest BCUT2D eigenvalue weighted by Crippen LogP contribution is 2.27. The van der Waals surface area contributed by atoms with Crippen LogP contribution in [0.3, 0.4) is 0 Å². The first-order valence-electron chi connectivity index (χ1n) is 5.97. The molecule has 2 aromatic carbocycles. The minimum atomic E-state index is -0.585. The fraction of sp³-hybridized carbons (Fsp3) is 0.200. The summed E-state index contributed by atoms with van der Waals surface area (Å²) in [5, 5.41) is 0. The van der Waals surface area contributed by atoms with E-state index in [4.69, 9.17) is 5.73 Å². The Morgan fingerprint density at radius 2 is 1.89 bits per heavy atom. The van der Waals surface area contributed by atoms with Crippen LogP contribution in [0.25, 0.3) is 0 Å². The standard InChI is InChI=1S/C15H15F2NS/c1-10-4-2-3-5-15(10)19-9-14(18)12-7-6-11(16)8-13(12)17/h2-8,14H,9,18H2,1H3. The van der Waals surface area contributed by atoms with Crippen LogP contribution in [-0.4, -0.2) is 5.75 Å². The van der Waals surface area contributed by atoms with Gasteiger partial charge in [0.15, 0.2) is 0 Å². The maximum absolute atomic E-state index is 13.6. The van der Waals surface area contributed by atoms with Crippen molar-refractivity contribution < 1.29 is 8.78 Å². The van der Waals surface area contributed by atoms with Gasteiger partial charge in [-0.1, -0.05) is 24.3 Å². The Morgan fingerprint density at radius 3 is 2.58 bits per heavy atom. The summed E-state index contributed by atoms with van der Waals surface area (Å²) < 4.78 is 26.4. The number of hydrogen-bond acceptors (Lipinski definition) is 2. The Morgan fingerprint density at radius 1 is 1.16 bits per heavy atom. The Kier molecular flexibility index (Phi) is 4.56. The molecule has 0 spiro atoms. The predicted molar refractivity (Wildman–Crippen MR) is 75.2 cm³/mol. The molecule has 4 heteroatoms. The van der Waals surface area contributed by atoms with Crippen LogP contribution in [0.1, 0.15) is 17.2 Å². The molecule has 0 saturated heterocycles. The molecule has 0 saturated carbocycles. The van der Waals surface area contributed by atoms with E-state index < -0.39 is 17.7 Å². The Bertz CT molecular complexity index is 572. The first kappa shape index (κ1) is 14.0. The van der Waals surface area contributed by atoms with Crippen LogP contribution in [0, 0.1) is 18.6 Å². The van der Waals surface area contributed by atoms with E-state index in [-0.39, 0.29) is 0 Å². The van der Waals surface area contributed by atoms with Crippen molar-refractivity contribution >= 4 is 11.8 Å². The highest BCUT2D eigenvalue weighted by Gasteiger charge is 2.13. The normalized spacial score (nSPS) is 12.4. The molecule has 0 heterocycles. The van der Waals surface area contributed by atoms with Gasteiger partial charge in [0, 0.05) is 28.3 Å². The molecule has 0 aliphatic rings. The molecule has 0 radical (unpaired) electrons. The van der Waals surface area contributed by atoms with E-state index in [9.17, 15) is 8.78 Å². The van der Waals surface area contributed by atoms with Gasteiger partial charge in [0.05, 0.1) is 0 Å². The molecule has 0 aromatic heterocycles. The molecule has 1 unspecified atom stereocenters. The maximum Gasteiger partial charge on any atom is 0.130 e. The van der Waals surface area contributed by atoms with Crippen molar-refractivity contribution in [2.45, 2.75) is 17.9 Å². The van der Waals surface area contributed by atoms with E-state index in [1.165, 1.54) is 17.7 Å².